The van der Waals surface area contributed by atoms with Crippen LogP contribution in [0.1, 0.15) is 29.7 Å². The van der Waals surface area contributed by atoms with Gasteiger partial charge in [0, 0.05) is 6.20 Å². The second kappa shape index (κ2) is 6.07. The van der Waals surface area contributed by atoms with Crippen molar-refractivity contribution in [3.05, 3.63) is 59.5 Å². The molecule has 124 valence electrons. The molecule has 0 fully saturated rings. The molecular formula is C17H15F3N4. The Hall–Kier alpha value is -2.70. The largest absolute Gasteiger partial charge is 0.416 e. The second-order valence-corrected chi connectivity index (χ2v) is 5.48. The van der Waals surface area contributed by atoms with Gasteiger partial charge in [0.15, 0.2) is 5.65 Å². The van der Waals surface area contributed by atoms with Crippen molar-refractivity contribution in [1.29, 1.82) is 0 Å². The number of nitrogens with one attached hydrogen (secondary N) is 1. The SMILES string of the molecule is Cc1c([C@@H](C)Nc2ncnc3ncccc23)cccc1C(F)(F)F. The quantitative estimate of drug-likeness (QED) is 0.766. The monoisotopic (exact) mass is 332 g/mol. The van der Waals surface area contributed by atoms with Crippen LogP contribution >= 0.6 is 0 Å². The molecule has 0 bridgehead atoms. The minimum absolute atomic E-state index is 0.210. The fourth-order valence-electron chi connectivity index (χ4n) is 2.72. The first-order valence-corrected chi connectivity index (χ1v) is 7.37. The molecule has 0 aliphatic carbocycles. The van der Waals surface area contributed by atoms with Crippen LogP contribution < -0.4 is 5.32 Å². The number of pyridine rings is 1. The van der Waals surface area contributed by atoms with Crippen molar-refractivity contribution < 1.29 is 13.2 Å². The Morgan fingerprint density at radius 2 is 1.83 bits per heavy atom. The Morgan fingerprint density at radius 3 is 2.58 bits per heavy atom. The summed E-state index contributed by atoms with van der Waals surface area (Å²) in [6.07, 6.45) is -1.37. The van der Waals surface area contributed by atoms with E-state index < -0.39 is 11.7 Å². The Bertz CT molecular complexity index is 872. The van der Waals surface area contributed by atoms with Gasteiger partial charge in [0.05, 0.1) is 17.0 Å². The number of anilines is 1. The van der Waals surface area contributed by atoms with Gasteiger partial charge in [0.1, 0.15) is 12.1 Å². The normalized spacial score (nSPS) is 13.0. The first kappa shape index (κ1) is 16.2. The number of nitrogens with zero attached hydrogens (tertiary/aromatic N) is 3. The molecule has 4 nitrogen and oxygen atoms in total. The summed E-state index contributed by atoms with van der Waals surface area (Å²) < 4.78 is 39.2. The van der Waals surface area contributed by atoms with Crippen molar-refractivity contribution in [2.24, 2.45) is 0 Å². The smallest absolute Gasteiger partial charge is 0.363 e. The van der Waals surface area contributed by atoms with Crippen molar-refractivity contribution in [3.8, 4) is 0 Å². The van der Waals surface area contributed by atoms with Crippen molar-refractivity contribution >= 4 is 16.9 Å². The first-order valence-electron chi connectivity index (χ1n) is 7.37. The number of alkyl halides is 3. The Morgan fingerprint density at radius 1 is 1.04 bits per heavy atom. The molecule has 0 aliphatic rings. The van der Waals surface area contributed by atoms with Crippen LogP contribution in [0.5, 0.6) is 0 Å². The zero-order chi connectivity index (χ0) is 17.3. The second-order valence-electron chi connectivity index (χ2n) is 5.48. The molecule has 2 heterocycles. The third-order valence-electron chi connectivity index (χ3n) is 3.91. The van der Waals surface area contributed by atoms with Crippen molar-refractivity contribution in [3.63, 3.8) is 0 Å². The zero-order valence-electron chi connectivity index (χ0n) is 13.1. The average molecular weight is 332 g/mol. The van der Waals surface area contributed by atoms with Gasteiger partial charge >= 0.3 is 6.18 Å². The summed E-state index contributed by atoms with van der Waals surface area (Å²) >= 11 is 0. The summed E-state index contributed by atoms with van der Waals surface area (Å²) in [6, 6.07) is 7.42. The van der Waals surface area contributed by atoms with Gasteiger partial charge in [-0.2, -0.15) is 13.2 Å². The maximum Gasteiger partial charge on any atom is 0.416 e. The van der Waals surface area contributed by atoms with Crippen LogP contribution in [0, 0.1) is 6.92 Å². The lowest BCUT2D eigenvalue weighted by Gasteiger charge is -2.20. The van der Waals surface area contributed by atoms with E-state index in [2.05, 4.69) is 20.3 Å². The van der Waals surface area contributed by atoms with Gasteiger partial charge < -0.3 is 5.32 Å². The maximum atomic E-state index is 13.1. The molecule has 3 rings (SSSR count). The van der Waals surface area contributed by atoms with Gasteiger partial charge in [0.25, 0.3) is 0 Å². The van der Waals surface area contributed by atoms with Gasteiger partial charge in [-0.25, -0.2) is 15.0 Å². The van der Waals surface area contributed by atoms with Gasteiger partial charge in [-0.1, -0.05) is 12.1 Å². The number of aromatic nitrogens is 3. The Kier molecular flexibility index (Phi) is 4.09. The summed E-state index contributed by atoms with van der Waals surface area (Å²) in [7, 11) is 0. The number of fused-ring (bicyclic) bond motifs is 1. The van der Waals surface area contributed by atoms with E-state index in [9.17, 15) is 13.2 Å². The molecule has 2 aromatic heterocycles. The summed E-state index contributed by atoms with van der Waals surface area (Å²) in [6.45, 7) is 3.28. The average Bonchev–Trinajstić information content (AvgIpc) is 2.54. The molecule has 1 N–H and O–H groups in total. The van der Waals surface area contributed by atoms with Crippen LogP contribution in [0.2, 0.25) is 0 Å². The Labute approximate surface area is 136 Å². The topological polar surface area (TPSA) is 50.7 Å². The number of benzene rings is 1. The molecule has 3 aromatic rings. The molecule has 0 saturated carbocycles. The number of hydrogen-bond donors (Lipinski definition) is 1. The van der Waals surface area contributed by atoms with E-state index in [1.807, 2.05) is 6.07 Å². The molecule has 0 aliphatic heterocycles. The van der Waals surface area contributed by atoms with Crippen LogP contribution in [0.25, 0.3) is 11.0 Å². The molecular weight excluding hydrogens is 317 g/mol. The number of hydrogen-bond acceptors (Lipinski definition) is 4. The van der Waals surface area contributed by atoms with E-state index in [1.165, 1.54) is 19.3 Å². The van der Waals surface area contributed by atoms with Crippen LogP contribution in [0.15, 0.2) is 42.9 Å². The Balaban J connectivity index is 1.97. The highest BCUT2D eigenvalue weighted by Crippen LogP contribution is 2.35. The number of rotatable bonds is 3. The van der Waals surface area contributed by atoms with Crippen LogP contribution in [-0.4, -0.2) is 15.0 Å². The zero-order valence-corrected chi connectivity index (χ0v) is 13.1. The predicted molar refractivity (Wildman–Crippen MR) is 85.6 cm³/mol. The molecule has 24 heavy (non-hydrogen) atoms. The first-order chi connectivity index (χ1) is 11.4. The molecule has 0 amide bonds. The molecule has 1 aromatic carbocycles. The van der Waals surface area contributed by atoms with Gasteiger partial charge in [0.2, 0.25) is 0 Å². The van der Waals surface area contributed by atoms with Crippen molar-refractivity contribution in [1.82, 2.24) is 15.0 Å². The molecule has 0 spiro atoms. The maximum absolute atomic E-state index is 13.1. The highest BCUT2D eigenvalue weighted by atomic mass is 19.4. The predicted octanol–water partition coefficient (Wildman–Crippen LogP) is 4.53. The van der Waals surface area contributed by atoms with Crippen LogP contribution in [-0.2, 0) is 6.18 Å². The fraction of sp³-hybridized carbons (Fsp3) is 0.235. The molecule has 7 heteroatoms. The van der Waals surface area contributed by atoms with Crippen molar-refractivity contribution in [2.75, 3.05) is 5.32 Å². The van der Waals surface area contributed by atoms with Crippen molar-refractivity contribution in [2.45, 2.75) is 26.1 Å². The lowest BCUT2D eigenvalue weighted by atomic mass is 9.97. The lowest BCUT2D eigenvalue weighted by Crippen LogP contribution is -2.14. The van der Waals surface area contributed by atoms with E-state index >= 15 is 0 Å². The van der Waals surface area contributed by atoms with E-state index in [4.69, 9.17) is 0 Å². The van der Waals surface area contributed by atoms with Gasteiger partial charge in [-0.3, -0.25) is 0 Å². The van der Waals surface area contributed by atoms with E-state index in [1.54, 1.807) is 25.3 Å². The highest BCUT2D eigenvalue weighted by molar-refractivity contribution is 5.86. The summed E-state index contributed by atoms with van der Waals surface area (Å²) in [4.78, 5) is 12.4. The van der Waals surface area contributed by atoms with E-state index in [0.29, 0.717) is 17.0 Å². The standard InChI is InChI=1S/C17H15F3N4/c1-10-12(5-3-7-14(10)17(18,19)20)11(2)24-16-13-6-4-8-21-15(13)22-9-23-16/h3-9,11H,1-2H3,(H,21,22,23,24)/t11-/m1/s1. The third kappa shape index (κ3) is 3.02. The highest BCUT2D eigenvalue weighted by Gasteiger charge is 2.33. The van der Waals surface area contributed by atoms with Gasteiger partial charge in [-0.05, 0) is 43.2 Å². The number of halogens is 3. The molecule has 0 saturated heterocycles. The minimum Gasteiger partial charge on any atom is -0.363 e. The van der Waals surface area contributed by atoms with Crippen LogP contribution in [0.4, 0.5) is 19.0 Å². The van der Waals surface area contributed by atoms with E-state index in [-0.39, 0.29) is 11.6 Å². The van der Waals surface area contributed by atoms with Crippen LogP contribution in [0.3, 0.4) is 0 Å². The molecule has 1 atom stereocenters. The third-order valence-corrected chi connectivity index (χ3v) is 3.91. The fourth-order valence-corrected chi connectivity index (χ4v) is 2.72. The lowest BCUT2D eigenvalue weighted by molar-refractivity contribution is -0.138. The molecule has 0 radical (unpaired) electrons. The van der Waals surface area contributed by atoms with Gasteiger partial charge in [-0.15, -0.1) is 0 Å². The van der Waals surface area contributed by atoms with E-state index in [0.717, 1.165) is 11.5 Å². The summed E-state index contributed by atoms with van der Waals surface area (Å²) in [5, 5.41) is 3.88. The summed E-state index contributed by atoms with van der Waals surface area (Å²) in [5.74, 6) is 0.539. The molecule has 0 unspecified atom stereocenters. The summed E-state index contributed by atoms with van der Waals surface area (Å²) in [5.41, 5.74) is 0.688. The minimum atomic E-state index is -4.37.